The summed E-state index contributed by atoms with van der Waals surface area (Å²) >= 11 is 1.31. The number of anilines is 3. The molecule has 0 aliphatic heterocycles. The summed E-state index contributed by atoms with van der Waals surface area (Å²) in [6.45, 7) is 3.27. The SMILES string of the molecule is CC(=O)N(c1ccccc1)c1nc(/C=N\n2c(N)cc(C)cc2=O)cs1. The van der Waals surface area contributed by atoms with Crippen LogP contribution in [0.3, 0.4) is 0 Å². The summed E-state index contributed by atoms with van der Waals surface area (Å²) in [5.41, 5.74) is 7.55. The zero-order valence-corrected chi connectivity index (χ0v) is 15.1. The second-order valence-corrected chi connectivity index (χ2v) is 6.43. The molecule has 26 heavy (non-hydrogen) atoms. The van der Waals surface area contributed by atoms with Gasteiger partial charge < -0.3 is 5.73 Å². The molecule has 1 aromatic carbocycles. The van der Waals surface area contributed by atoms with Crippen LogP contribution in [-0.2, 0) is 4.79 Å². The third-order valence-electron chi connectivity index (χ3n) is 3.52. The monoisotopic (exact) mass is 367 g/mol. The number of para-hydroxylation sites is 1. The van der Waals surface area contributed by atoms with E-state index in [-0.39, 0.29) is 17.3 Å². The van der Waals surface area contributed by atoms with Crippen molar-refractivity contribution in [1.82, 2.24) is 9.66 Å². The van der Waals surface area contributed by atoms with E-state index in [0.717, 1.165) is 15.9 Å². The number of thiazole rings is 1. The van der Waals surface area contributed by atoms with E-state index in [1.165, 1.54) is 35.4 Å². The van der Waals surface area contributed by atoms with Crippen LogP contribution >= 0.6 is 11.3 Å². The molecule has 0 aliphatic rings. The van der Waals surface area contributed by atoms with Crippen molar-refractivity contribution in [3.8, 4) is 0 Å². The first kappa shape index (κ1) is 17.6. The van der Waals surface area contributed by atoms with Crippen LogP contribution in [0.5, 0.6) is 0 Å². The van der Waals surface area contributed by atoms with E-state index in [9.17, 15) is 9.59 Å². The van der Waals surface area contributed by atoms with Gasteiger partial charge in [0.15, 0.2) is 5.13 Å². The quantitative estimate of drug-likeness (QED) is 0.718. The Morgan fingerprint density at radius 1 is 1.31 bits per heavy atom. The number of benzene rings is 1. The molecule has 3 aromatic rings. The van der Waals surface area contributed by atoms with Crippen LogP contribution in [0.25, 0.3) is 0 Å². The minimum absolute atomic E-state index is 0.145. The van der Waals surface area contributed by atoms with Crippen molar-refractivity contribution in [2.45, 2.75) is 13.8 Å². The first-order valence-electron chi connectivity index (χ1n) is 7.80. The lowest BCUT2D eigenvalue weighted by molar-refractivity contribution is -0.115. The number of hydrogen-bond acceptors (Lipinski definition) is 6. The molecule has 0 saturated carbocycles. The summed E-state index contributed by atoms with van der Waals surface area (Å²) in [5, 5.41) is 6.38. The van der Waals surface area contributed by atoms with E-state index in [1.807, 2.05) is 30.3 Å². The van der Waals surface area contributed by atoms with Crippen molar-refractivity contribution in [3.05, 3.63) is 69.5 Å². The predicted octanol–water partition coefficient (Wildman–Crippen LogP) is 2.76. The smallest absolute Gasteiger partial charge is 0.273 e. The Labute approximate surface area is 154 Å². The van der Waals surface area contributed by atoms with Crippen molar-refractivity contribution in [1.29, 1.82) is 0 Å². The molecule has 0 atom stereocenters. The summed E-state index contributed by atoms with van der Waals surface area (Å²) in [7, 11) is 0. The van der Waals surface area contributed by atoms with E-state index in [0.29, 0.717) is 10.8 Å². The highest BCUT2D eigenvalue weighted by atomic mass is 32.1. The normalized spacial score (nSPS) is 11.0. The lowest BCUT2D eigenvalue weighted by Crippen LogP contribution is -2.22. The lowest BCUT2D eigenvalue weighted by atomic mass is 10.3. The van der Waals surface area contributed by atoms with Crippen molar-refractivity contribution in [2.75, 3.05) is 10.6 Å². The minimum Gasteiger partial charge on any atom is -0.384 e. The summed E-state index contributed by atoms with van der Waals surface area (Å²) in [6, 6.07) is 12.4. The van der Waals surface area contributed by atoms with E-state index in [1.54, 1.807) is 18.4 Å². The van der Waals surface area contributed by atoms with Gasteiger partial charge in [-0.2, -0.15) is 9.78 Å². The molecule has 8 heteroatoms. The largest absolute Gasteiger partial charge is 0.384 e. The van der Waals surface area contributed by atoms with Crippen LogP contribution in [0, 0.1) is 6.92 Å². The zero-order chi connectivity index (χ0) is 18.7. The Hall–Kier alpha value is -3.26. The van der Waals surface area contributed by atoms with E-state index >= 15 is 0 Å². The maximum absolute atomic E-state index is 12.1. The summed E-state index contributed by atoms with van der Waals surface area (Å²) in [4.78, 5) is 30.0. The fourth-order valence-corrected chi connectivity index (χ4v) is 3.24. The average Bonchev–Trinajstić information content (AvgIpc) is 3.03. The topological polar surface area (TPSA) is 93.6 Å². The molecule has 0 bridgehead atoms. The van der Waals surface area contributed by atoms with Crippen molar-refractivity contribution >= 4 is 40.1 Å². The number of aromatic nitrogens is 2. The third kappa shape index (κ3) is 3.70. The average molecular weight is 367 g/mol. The number of rotatable bonds is 4. The molecule has 0 spiro atoms. The second-order valence-electron chi connectivity index (χ2n) is 5.60. The molecule has 1 amide bonds. The van der Waals surface area contributed by atoms with Gasteiger partial charge in [0.2, 0.25) is 5.91 Å². The van der Waals surface area contributed by atoms with Gasteiger partial charge in [0, 0.05) is 18.4 Å². The van der Waals surface area contributed by atoms with Crippen LogP contribution < -0.4 is 16.2 Å². The van der Waals surface area contributed by atoms with Crippen molar-refractivity contribution in [2.24, 2.45) is 5.10 Å². The van der Waals surface area contributed by atoms with Crippen molar-refractivity contribution in [3.63, 3.8) is 0 Å². The standard InChI is InChI=1S/C18H17N5O2S/c1-12-8-16(19)23(17(25)9-12)20-10-14-11-26-18(21-14)22(13(2)24)15-6-4-3-5-7-15/h3-11H,19H2,1-2H3/b20-10-. The van der Waals surface area contributed by atoms with Crippen LogP contribution in [-0.4, -0.2) is 21.8 Å². The van der Waals surface area contributed by atoms with Crippen molar-refractivity contribution < 1.29 is 4.79 Å². The zero-order valence-electron chi connectivity index (χ0n) is 14.3. The molecule has 7 nitrogen and oxygen atoms in total. The Morgan fingerprint density at radius 3 is 2.69 bits per heavy atom. The highest BCUT2D eigenvalue weighted by molar-refractivity contribution is 7.14. The van der Waals surface area contributed by atoms with Gasteiger partial charge in [0.1, 0.15) is 5.82 Å². The molecule has 2 aromatic heterocycles. The molecule has 0 fully saturated rings. The van der Waals surface area contributed by atoms with Crippen LogP contribution in [0.1, 0.15) is 18.2 Å². The first-order valence-corrected chi connectivity index (χ1v) is 8.68. The highest BCUT2D eigenvalue weighted by Crippen LogP contribution is 2.28. The number of nitrogens with two attached hydrogens (primary N) is 1. The number of carbonyl (C=O) groups is 1. The van der Waals surface area contributed by atoms with Crippen LogP contribution in [0.15, 0.2) is 57.7 Å². The number of carbonyl (C=O) groups excluding carboxylic acids is 1. The van der Waals surface area contributed by atoms with E-state index < -0.39 is 0 Å². The van der Waals surface area contributed by atoms with Crippen LogP contribution in [0.4, 0.5) is 16.6 Å². The second kappa shape index (κ2) is 7.32. The van der Waals surface area contributed by atoms with Crippen LogP contribution in [0.2, 0.25) is 0 Å². The molecule has 0 saturated heterocycles. The molecular formula is C18H17N5O2S. The Morgan fingerprint density at radius 2 is 2.04 bits per heavy atom. The van der Waals surface area contributed by atoms with Gasteiger partial charge in [-0.3, -0.25) is 14.5 Å². The molecule has 2 N–H and O–H groups in total. The molecule has 0 aliphatic carbocycles. The molecule has 2 heterocycles. The summed E-state index contributed by atoms with van der Waals surface area (Å²) in [6.07, 6.45) is 1.44. The fourth-order valence-electron chi connectivity index (χ4n) is 2.40. The van der Waals surface area contributed by atoms with E-state index in [2.05, 4.69) is 10.1 Å². The lowest BCUT2D eigenvalue weighted by Gasteiger charge is -2.17. The number of hydrogen-bond donors (Lipinski definition) is 1. The fraction of sp³-hybridized carbons (Fsp3) is 0.111. The minimum atomic E-state index is -0.316. The Kier molecular flexibility index (Phi) is 4.94. The molecule has 0 radical (unpaired) electrons. The van der Waals surface area contributed by atoms with Gasteiger partial charge in [-0.1, -0.05) is 18.2 Å². The van der Waals surface area contributed by atoms with Gasteiger partial charge >= 0.3 is 0 Å². The first-order chi connectivity index (χ1) is 12.5. The number of nitrogen functional groups attached to an aromatic ring is 1. The molecule has 3 rings (SSSR count). The molecular weight excluding hydrogens is 350 g/mol. The predicted molar refractivity (Wildman–Crippen MR) is 104 cm³/mol. The van der Waals surface area contributed by atoms with E-state index in [4.69, 9.17) is 5.73 Å². The number of nitrogens with zero attached hydrogens (tertiary/aromatic N) is 4. The maximum Gasteiger partial charge on any atom is 0.273 e. The third-order valence-corrected chi connectivity index (χ3v) is 4.36. The van der Waals surface area contributed by atoms with Gasteiger partial charge in [-0.05, 0) is 30.7 Å². The maximum atomic E-state index is 12.1. The molecule has 132 valence electrons. The number of amides is 1. The van der Waals surface area contributed by atoms with Gasteiger partial charge in [-0.15, -0.1) is 11.3 Å². The molecule has 0 unspecified atom stereocenters. The van der Waals surface area contributed by atoms with Gasteiger partial charge in [0.05, 0.1) is 17.6 Å². The Balaban J connectivity index is 1.90. The summed E-state index contributed by atoms with van der Waals surface area (Å²) in [5.74, 6) is 0.101. The van der Waals surface area contributed by atoms with Gasteiger partial charge in [0.25, 0.3) is 5.56 Å². The summed E-state index contributed by atoms with van der Waals surface area (Å²) < 4.78 is 1.10. The highest BCUT2D eigenvalue weighted by Gasteiger charge is 2.17. The number of aryl methyl sites for hydroxylation is 1. The van der Waals surface area contributed by atoms with Gasteiger partial charge in [-0.25, -0.2) is 4.98 Å². The Bertz CT molecular complexity index is 1020. The number of pyridine rings is 1.